The van der Waals surface area contributed by atoms with Gasteiger partial charge in [0.1, 0.15) is 24.7 Å². The third-order valence-electron chi connectivity index (χ3n) is 5.46. The number of imidazole rings is 1. The van der Waals surface area contributed by atoms with Crippen LogP contribution in [0.25, 0.3) is 11.0 Å². The summed E-state index contributed by atoms with van der Waals surface area (Å²) in [5.74, 6) is 2.62. The standard InChI is InChI=1S/C26H25N3O4/c1-18-7-10-20(11-8-18)33-17-25-28-21-5-2-3-6-22(21)29(25)16-26(30)27-19-9-12-23-24(15-19)32-14-4-13-31-23/h2-3,5-12,15H,4,13-14,16-17H2,1H3,(H,27,30). The number of amides is 1. The summed E-state index contributed by atoms with van der Waals surface area (Å²) < 4.78 is 19.2. The Morgan fingerprint density at radius 1 is 1.03 bits per heavy atom. The number of nitrogens with zero attached hydrogens (tertiary/aromatic N) is 2. The van der Waals surface area contributed by atoms with Crippen LogP contribution in [0.2, 0.25) is 0 Å². The Morgan fingerprint density at radius 2 is 1.82 bits per heavy atom. The number of nitrogens with one attached hydrogen (secondary N) is 1. The zero-order valence-electron chi connectivity index (χ0n) is 18.4. The predicted octanol–water partition coefficient (Wildman–Crippen LogP) is 4.72. The summed E-state index contributed by atoms with van der Waals surface area (Å²) in [6, 6.07) is 21.1. The van der Waals surface area contributed by atoms with Crippen LogP contribution in [0.5, 0.6) is 17.2 Å². The van der Waals surface area contributed by atoms with E-state index in [0.29, 0.717) is 36.2 Å². The minimum absolute atomic E-state index is 0.113. The first kappa shape index (κ1) is 20.9. The Balaban J connectivity index is 1.34. The summed E-state index contributed by atoms with van der Waals surface area (Å²) in [5, 5.41) is 2.96. The van der Waals surface area contributed by atoms with Gasteiger partial charge in [-0.3, -0.25) is 4.79 Å². The number of carbonyl (C=O) groups is 1. The average Bonchev–Trinajstić information content (AvgIpc) is 2.99. The molecule has 4 aromatic rings. The van der Waals surface area contributed by atoms with Gasteiger partial charge in [-0.15, -0.1) is 0 Å². The number of ether oxygens (including phenoxy) is 3. The summed E-state index contributed by atoms with van der Waals surface area (Å²) in [6.07, 6.45) is 0.831. The SMILES string of the molecule is Cc1ccc(OCc2nc3ccccc3n2CC(=O)Nc2ccc3c(c2)OCCCO3)cc1. The summed E-state index contributed by atoms with van der Waals surface area (Å²) in [7, 11) is 0. The van der Waals surface area contributed by atoms with Crippen molar-refractivity contribution in [2.75, 3.05) is 18.5 Å². The summed E-state index contributed by atoms with van der Waals surface area (Å²) in [6.45, 7) is 3.62. The van der Waals surface area contributed by atoms with Crippen molar-refractivity contribution in [3.63, 3.8) is 0 Å². The first-order valence-electron chi connectivity index (χ1n) is 11.0. The molecule has 33 heavy (non-hydrogen) atoms. The van der Waals surface area contributed by atoms with Crippen molar-refractivity contribution in [1.82, 2.24) is 9.55 Å². The lowest BCUT2D eigenvalue weighted by atomic mass is 10.2. The van der Waals surface area contributed by atoms with Crippen LogP contribution < -0.4 is 19.5 Å². The molecule has 0 unspecified atom stereocenters. The molecule has 0 atom stereocenters. The topological polar surface area (TPSA) is 74.6 Å². The molecule has 0 spiro atoms. The number of aryl methyl sites for hydroxylation is 1. The molecule has 7 nitrogen and oxygen atoms in total. The second-order valence-corrected chi connectivity index (χ2v) is 7.96. The predicted molar refractivity (Wildman–Crippen MR) is 126 cm³/mol. The lowest BCUT2D eigenvalue weighted by molar-refractivity contribution is -0.116. The molecule has 7 heteroatoms. The number of aromatic nitrogens is 2. The fraction of sp³-hybridized carbons (Fsp3) is 0.231. The number of para-hydroxylation sites is 2. The Labute approximate surface area is 191 Å². The molecule has 3 aromatic carbocycles. The maximum Gasteiger partial charge on any atom is 0.244 e. The molecule has 5 rings (SSSR count). The molecular formula is C26H25N3O4. The van der Waals surface area contributed by atoms with Crippen LogP contribution in [0, 0.1) is 6.92 Å². The van der Waals surface area contributed by atoms with Crippen molar-refractivity contribution in [3.8, 4) is 17.2 Å². The largest absolute Gasteiger partial charge is 0.490 e. The third-order valence-corrected chi connectivity index (χ3v) is 5.46. The van der Waals surface area contributed by atoms with Gasteiger partial charge >= 0.3 is 0 Å². The number of hydrogen-bond acceptors (Lipinski definition) is 5. The van der Waals surface area contributed by atoms with E-state index >= 15 is 0 Å². The van der Waals surface area contributed by atoms with Crippen molar-refractivity contribution < 1.29 is 19.0 Å². The Hall–Kier alpha value is -4.00. The highest BCUT2D eigenvalue weighted by molar-refractivity contribution is 5.92. The molecule has 168 valence electrons. The second-order valence-electron chi connectivity index (χ2n) is 7.96. The average molecular weight is 444 g/mol. The molecular weight excluding hydrogens is 418 g/mol. The number of benzene rings is 3. The van der Waals surface area contributed by atoms with Gasteiger partial charge in [0.2, 0.25) is 5.91 Å². The molecule has 0 saturated heterocycles. The quantitative estimate of drug-likeness (QED) is 0.467. The van der Waals surface area contributed by atoms with Crippen molar-refractivity contribution in [3.05, 3.63) is 78.1 Å². The number of carbonyl (C=O) groups excluding carboxylic acids is 1. The molecule has 1 amide bonds. The molecule has 1 aliphatic heterocycles. The van der Waals surface area contributed by atoms with Crippen LogP contribution in [0.3, 0.4) is 0 Å². The van der Waals surface area contributed by atoms with Gasteiger partial charge in [-0.25, -0.2) is 4.98 Å². The molecule has 1 aromatic heterocycles. The molecule has 2 heterocycles. The van der Waals surface area contributed by atoms with E-state index in [2.05, 4.69) is 5.32 Å². The monoisotopic (exact) mass is 443 g/mol. The van der Waals surface area contributed by atoms with Crippen LogP contribution in [0.1, 0.15) is 17.8 Å². The van der Waals surface area contributed by atoms with Gasteiger partial charge in [-0.2, -0.15) is 0 Å². The maximum absolute atomic E-state index is 13.0. The highest BCUT2D eigenvalue weighted by atomic mass is 16.5. The van der Waals surface area contributed by atoms with Gasteiger partial charge in [0.25, 0.3) is 0 Å². The van der Waals surface area contributed by atoms with Crippen molar-refractivity contribution >= 4 is 22.6 Å². The highest BCUT2D eigenvalue weighted by Crippen LogP contribution is 2.32. The molecule has 1 N–H and O–H groups in total. The Bertz CT molecular complexity index is 1280. The number of hydrogen-bond donors (Lipinski definition) is 1. The van der Waals surface area contributed by atoms with Crippen LogP contribution in [0.4, 0.5) is 5.69 Å². The van der Waals surface area contributed by atoms with E-state index in [1.54, 1.807) is 6.07 Å². The van der Waals surface area contributed by atoms with E-state index in [4.69, 9.17) is 19.2 Å². The van der Waals surface area contributed by atoms with Gasteiger partial charge in [-0.1, -0.05) is 29.8 Å². The van der Waals surface area contributed by atoms with Gasteiger partial charge in [0, 0.05) is 18.2 Å². The molecule has 0 aliphatic carbocycles. The van der Waals surface area contributed by atoms with Gasteiger partial charge < -0.3 is 24.1 Å². The van der Waals surface area contributed by atoms with E-state index in [0.717, 1.165) is 23.2 Å². The first-order valence-corrected chi connectivity index (χ1v) is 11.0. The maximum atomic E-state index is 13.0. The smallest absolute Gasteiger partial charge is 0.244 e. The molecule has 1 aliphatic rings. The summed E-state index contributed by atoms with van der Waals surface area (Å²) in [4.78, 5) is 17.6. The summed E-state index contributed by atoms with van der Waals surface area (Å²) in [5.41, 5.74) is 3.53. The fourth-order valence-electron chi connectivity index (χ4n) is 3.78. The third kappa shape index (κ3) is 4.77. The lowest BCUT2D eigenvalue weighted by Gasteiger charge is -2.13. The molecule has 0 fully saturated rings. The normalized spacial score (nSPS) is 12.9. The fourth-order valence-corrected chi connectivity index (χ4v) is 3.78. The van der Waals surface area contributed by atoms with Gasteiger partial charge in [0.15, 0.2) is 11.5 Å². The lowest BCUT2D eigenvalue weighted by Crippen LogP contribution is -2.20. The number of rotatable bonds is 6. The zero-order valence-corrected chi connectivity index (χ0v) is 18.4. The highest BCUT2D eigenvalue weighted by Gasteiger charge is 2.16. The number of anilines is 1. The van der Waals surface area contributed by atoms with Crippen molar-refractivity contribution in [2.24, 2.45) is 0 Å². The second kappa shape index (κ2) is 9.24. The van der Waals surface area contributed by atoms with E-state index in [1.807, 2.05) is 72.2 Å². The van der Waals surface area contributed by atoms with E-state index in [1.165, 1.54) is 5.56 Å². The van der Waals surface area contributed by atoms with E-state index in [9.17, 15) is 4.79 Å². The van der Waals surface area contributed by atoms with E-state index < -0.39 is 0 Å². The molecule has 0 bridgehead atoms. The molecule has 0 radical (unpaired) electrons. The Kier molecular flexibility index (Phi) is 5.85. The van der Waals surface area contributed by atoms with Crippen molar-refractivity contribution in [2.45, 2.75) is 26.5 Å². The number of fused-ring (bicyclic) bond motifs is 2. The first-order chi connectivity index (χ1) is 16.2. The van der Waals surface area contributed by atoms with Crippen LogP contribution in [-0.4, -0.2) is 28.7 Å². The van der Waals surface area contributed by atoms with Crippen molar-refractivity contribution in [1.29, 1.82) is 0 Å². The minimum Gasteiger partial charge on any atom is -0.490 e. The minimum atomic E-state index is -0.163. The van der Waals surface area contributed by atoms with Crippen LogP contribution in [-0.2, 0) is 17.9 Å². The van der Waals surface area contributed by atoms with Crippen LogP contribution in [0.15, 0.2) is 66.7 Å². The zero-order chi connectivity index (χ0) is 22.6. The molecule has 0 saturated carbocycles. The van der Waals surface area contributed by atoms with Gasteiger partial charge in [0.05, 0.1) is 24.2 Å². The van der Waals surface area contributed by atoms with Gasteiger partial charge in [-0.05, 0) is 43.3 Å². The van der Waals surface area contributed by atoms with E-state index in [-0.39, 0.29) is 19.1 Å². The van der Waals surface area contributed by atoms with Crippen LogP contribution >= 0.6 is 0 Å². The summed E-state index contributed by atoms with van der Waals surface area (Å²) >= 11 is 0. The Morgan fingerprint density at radius 3 is 2.67 bits per heavy atom.